The highest BCUT2D eigenvalue weighted by molar-refractivity contribution is 9.10. The Bertz CT molecular complexity index is 936. The summed E-state index contributed by atoms with van der Waals surface area (Å²) in [5.74, 6) is 3.48. The standard InChI is InChI=1S/C16H17BBrN7/c18-14-13(5-10-1-3-17(9-19)4-2-10)24-16-12(11-6-21-22-7-11)8-23-25(16)15(14)20/h6-8,10H,1-5,20H2,(H,21,22). The van der Waals surface area contributed by atoms with E-state index in [0.29, 0.717) is 11.7 Å². The molecule has 0 radical (unpaired) electrons. The number of aromatic amines is 1. The van der Waals surface area contributed by atoms with E-state index >= 15 is 0 Å². The van der Waals surface area contributed by atoms with E-state index in [-0.39, 0.29) is 6.71 Å². The van der Waals surface area contributed by atoms with Gasteiger partial charge < -0.3 is 5.73 Å². The second-order valence-electron chi connectivity index (χ2n) is 6.59. The number of H-pyrrole nitrogens is 1. The predicted molar refractivity (Wildman–Crippen MR) is 100 cm³/mol. The van der Waals surface area contributed by atoms with Gasteiger partial charge in [0.05, 0.1) is 22.6 Å². The van der Waals surface area contributed by atoms with Gasteiger partial charge in [-0.3, -0.25) is 5.10 Å². The summed E-state index contributed by atoms with van der Waals surface area (Å²) in [6, 6.07) is 0. The number of nitrogens with one attached hydrogen (secondary N) is 1. The maximum atomic E-state index is 9.06. The number of nitrogen functional groups attached to an aromatic ring is 1. The molecule has 0 aromatic carbocycles. The molecular formula is C16H17BBrN7. The van der Waals surface area contributed by atoms with Crippen molar-refractivity contribution >= 4 is 34.1 Å². The summed E-state index contributed by atoms with van der Waals surface area (Å²) in [5, 5.41) is 20.2. The van der Waals surface area contributed by atoms with Crippen LogP contribution in [0.5, 0.6) is 0 Å². The van der Waals surface area contributed by atoms with Gasteiger partial charge in [0, 0.05) is 23.3 Å². The number of nitrogens with two attached hydrogens (primary N) is 1. The molecule has 0 aliphatic carbocycles. The Hall–Kier alpha value is -2.34. The van der Waals surface area contributed by atoms with Gasteiger partial charge in [-0.1, -0.05) is 25.5 Å². The van der Waals surface area contributed by atoms with Gasteiger partial charge in [-0.15, -0.1) is 0 Å². The average molecular weight is 398 g/mol. The van der Waals surface area contributed by atoms with Crippen LogP contribution < -0.4 is 5.73 Å². The van der Waals surface area contributed by atoms with Gasteiger partial charge in [0.15, 0.2) is 5.65 Å². The van der Waals surface area contributed by atoms with Crippen LogP contribution in [0, 0.1) is 17.1 Å². The molecule has 0 saturated carbocycles. The molecule has 9 heteroatoms. The molecule has 0 amide bonds. The number of hydrogen-bond acceptors (Lipinski definition) is 5. The number of halogens is 1. The first-order valence-corrected chi connectivity index (χ1v) is 9.17. The van der Waals surface area contributed by atoms with Gasteiger partial charge in [0.25, 0.3) is 6.71 Å². The number of fused-ring (bicyclic) bond motifs is 1. The number of rotatable bonds is 3. The fourth-order valence-corrected chi connectivity index (χ4v) is 3.97. The number of anilines is 1. The van der Waals surface area contributed by atoms with Crippen molar-refractivity contribution in [3.05, 3.63) is 28.8 Å². The second-order valence-corrected chi connectivity index (χ2v) is 7.38. The van der Waals surface area contributed by atoms with Crippen LogP contribution in [0.3, 0.4) is 0 Å². The van der Waals surface area contributed by atoms with Crippen LogP contribution in [0.2, 0.25) is 12.6 Å². The Morgan fingerprint density at radius 2 is 2.20 bits per heavy atom. The Morgan fingerprint density at radius 3 is 2.88 bits per heavy atom. The molecule has 3 aromatic rings. The summed E-state index contributed by atoms with van der Waals surface area (Å²) < 4.78 is 2.46. The molecule has 1 fully saturated rings. The molecule has 1 aliphatic heterocycles. The highest BCUT2D eigenvalue weighted by Gasteiger charge is 2.26. The maximum absolute atomic E-state index is 9.06. The van der Waals surface area contributed by atoms with Gasteiger partial charge in [-0.2, -0.15) is 14.7 Å². The van der Waals surface area contributed by atoms with Crippen molar-refractivity contribution in [2.75, 3.05) is 5.73 Å². The number of nitrogens with zero attached hydrogens (tertiary/aromatic N) is 5. The van der Waals surface area contributed by atoms with Crippen LogP contribution in [0.1, 0.15) is 18.5 Å². The molecule has 25 heavy (non-hydrogen) atoms. The molecule has 1 saturated heterocycles. The minimum atomic E-state index is 0.211. The quantitative estimate of drug-likeness (QED) is 0.660. The lowest BCUT2D eigenvalue weighted by molar-refractivity contribution is 0.465. The van der Waals surface area contributed by atoms with Gasteiger partial charge in [-0.25, -0.2) is 10.2 Å². The van der Waals surface area contributed by atoms with E-state index in [0.717, 1.165) is 58.8 Å². The summed E-state index contributed by atoms with van der Waals surface area (Å²) in [5.41, 5.74) is 9.81. The molecule has 0 spiro atoms. The molecule has 7 nitrogen and oxygen atoms in total. The summed E-state index contributed by atoms with van der Waals surface area (Å²) in [6.45, 7) is 0.211. The molecule has 4 rings (SSSR count). The lowest BCUT2D eigenvalue weighted by Gasteiger charge is -2.23. The molecule has 3 N–H and O–H groups in total. The lowest BCUT2D eigenvalue weighted by Crippen LogP contribution is -2.22. The molecule has 0 unspecified atom stereocenters. The van der Waals surface area contributed by atoms with E-state index in [9.17, 15) is 0 Å². The monoisotopic (exact) mass is 397 g/mol. The number of nitriles is 1. The number of hydrogen-bond donors (Lipinski definition) is 2. The predicted octanol–water partition coefficient (Wildman–Crippen LogP) is 2.97. The third-order valence-corrected chi connectivity index (χ3v) is 5.88. The largest absolute Gasteiger partial charge is 0.383 e. The first-order chi connectivity index (χ1) is 12.2. The molecule has 4 heterocycles. The van der Waals surface area contributed by atoms with Crippen molar-refractivity contribution < 1.29 is 0 Å². The third-order valence-electron chi connectivity index (χ3n) is 5.01. The smallest absolute Gasteiger partial charge is 0.267 e. The maximum Gasteiger partial charge on any atom is 0.267 e. The minimum Gasteiger partial charge on any atom is -0.383 e. The van der Waals surface area contributed by atoms with Crippen LogP contribution >= 0.6 is 15.9 Å². The summed E-state index contributed by atoms with van der Waals surface area (Å²) >= 11 is 3.59. The Labute approximate surface area is 153 Å². The normalized spacial score (nSPS) is 15.6. The van der Waals surface area contributed by atoms with E-state index in [4.69, 9.17) is 16.0 Å². The topological polar surface area (TPSA) is 109 Å². The first-order valence-electron chi connectivity index (χ1n) is 8.37. The molecular weight excluding hydrogens is 381 g/mol. The SMILES string of the molecule is N#CB1CCC(Cc2nc3c(-c4cn[nH]c4)cnn3c(N)c2Br)CC1. The van der Waals surface area contributed by atoms with E-state index in [1.54, 1.807) is 16.9 Å². The highest BCUT2D eigenvalue weighted by Crippen LogP contribution is 2.33. The highest BCUT2D eigenvalue weighted by atomic mass is 79.9. The Kier molecular flexibility index (Phi) is 4.21. The minimum absolute atomic E-state index is 0.211. The van der Waals surface area contributed by atoms with E-state index < -0.39 is 0 Å². The van der Waals surface area contributed by atoms with Crippen molar-refractivity contribution in [1.82, 2.24) is 24.8 Å². The van der Waals surface area contributed by atoms with Crippen LogP contribution in [-0.4, -0.2) is 31.5 Å². The van der Waals surface area contributed by atoms with Crippen LogP contribution in [0.25, 0.3) is 16.8 Å². The van der Waals surface area contributed by atoms with Crippen molar-refractivity contribution in [1.29, 1.82) is 5.26 Å². The fourth-order valence-electron chi connectivity index (χ4n) is 3.55. The zero-order chi connectivity index (χ0) is 17.4. The van der Waals surface area contributed by atoms with Gasteiger partial charge >= 0.3 is 0 Å². The summed E-state index contributed by atoms with van der Waals surface area (Å²) in [7, 11) is 0. The van der Waals surface area contributed by atoms with Gasteiger partial charge in [-0.05, 0) is 28.3 Å². The molecule has 126 valence electrons. The Morgan fingerprint density at radius 1 is 1.40 bits per heavy atom. The van der Waals surface area contributed by atoms with Gasteiger partial charge in [0.2, 0.25) is 0 Å². The lowest BCUT2D eigenvalue weighted by atomic mass is 9.41. The van der Waals surface area contributed by atoms with Crippen molar-refractivity contribution in [2.24, 2.45) is 5.92 Å². The zero-order valence-corrected chi connectivity index (χ0v) is 15.2. The van der Waals surface area contributed by atoms with Crippen molar-refractivity contribution in [2.45, 2.75) is 31.9 Å². The van der Waals surface area contributed by atoms with Gasteiger partial charge in [0.1, 0.15) is 5.82 Å². The molecule has 1 aliphatic rings. The second kappa shape index (κ2) is 6.52. The fraction of sp³-hybridized carbons (Fsp3) is 0.375. The molecule has 0 bridgehead atoms. The molecule has 3 aromatic heterocycles. The van der Waals surface area contributed by atoms with Crippen LogP contribution in [0.15, 0.2) is 23.1 Å². The zero-order valence-electron chi connectivity index (χ0n) is 13.6. The van der Waals surface area contributed by atoms with Crippen LogP contribution in [0.4, 0.5) is 5.82 Å². The van der Waals surface area contributed by atoms with E-state index in [2.05, 4.69) is 37.2 Å². The van der Waals surface area contributed by atoms with E-state index in [1.165, 1.54) is 0 Å². The van der Waals surface area contributed by atoms with Crippen molar-refractivity contribution in [3.8, 4) is 17.1 Å². The summed E-state index contributed by atoms with van der Waals surface area (Å²) in [4.78, 5) is 4.85. The average Bonchev–Trinajstić information content (AvgIpc) is 3.29. The molecule has 0 atom stereocenters. The third kappa shape index (κ3) is 2.91. The van der Waals surface area contributed by atoms with Crippen molar-refractivity contribution in [3.63, 3.8) is 0 Å². The van der Waals surface area contributed by atoms with Crippen LogP contribution in [-0.2, 0) is 6.42 Å². The summed E-state index contributed by atoms with van der Waals surface area (Å²) in [6.07, 6.45) is 10.3. The Balaban J connectivity index is 1.68. The van der Waals surface area contributed by atoms with E-state index in [1.807, 2.05) is 6.20 Å². The first kappa shape index (κ1) is 16.2. The number of aromatic nitrogens is 5.